The second-order valence-corrected chi connectivity index (χ2v) is 15.3. The Morgan fingerprint density at radius 1 is 1.05 bits per heavy atom. The average molecular weight is 620 g/mol. The highest BCUT2D eigenvalue weighted by Gasteiger charge is 2.31. The molecule has 0 radical (unpaired) electrons. The van der Waals surface area contributed by atoms with E-state index < -0.39 is 21.2 Å². The minimum Gasteiger partial charge on any atom is -0.494 e. The fourth-order valence-corrected chi connectivity index (χ4v) is 6.86. The third kappa shape index (κ3) is 11.3. The minimum absolute atomic E-state index is 0.0776. The van der Waals surface area contributed by atoms with E-state index in [2.05, 4.69) is 10.0 Å². The van der Waals surface area contributed by atoms with Gasteiger partial charge in [0.15, 0.2) is 0 Å². The molecule has 11 heteroatoms. The van der Waals surface area contributed by atoms with Crippen molar-refractivity contribution in [2.75, 3.05) is 6.61 Å². The Kier molecular flexibility index (Phi) is 11.4. The molecule has 10 nitrogen and oxygen atoms in total. The van der Waals surface area contributed by atoms with Crippen LogP contribution in [0, 0.1) is 5.92 Å². The van der Waals surface area contributed by atoms with Crippen LogP contribution in [0.25, 0.3) is 5.57 Å². The Balaban J connectivity index is 1.67. The van der Waals surface area contributed by atoms with Gasteiger partial charge < -0.3 is 19.5 Å². The van der Waals surface area contributed by atoms with E-state index in [1.165, 1.54) is 0 Å². The van der Waals surface area contributed by atoms with Crippen LogP contribution in [0.2, 0.25) is 0 Å². The number of esters is 1. The van der Waals surface area contributed by atoms with Crippen molar-refractivity contribution in [3.63, 3.8) is 0 Å². The van der Waals surface area contributed by atoms with Crippen molar-refractivity contribution >= 4 is 33.4 Å². The number of carbonyl (C=O) groups excluding carboxylic acids is 2. The standard InChI is InChI=1S/C32H49N3O7S/c1-21(2)41-30(37)34-24-13-11-22(12-14-24)27-18-23(20-33-27)26-16-15-25(19-28(26)43(38,39)35-31(3,4)5)40-17-9-10-29(36)42-32(6,7)8/h15-16,19-22,24,35H,9-14,17-18H2,1-8H3,(H,34,37). The lowest BCUT2D eigenvalue weighted by molar-refractivity contribution is -0.155. The van der Waals surface area contributed by atoms with Gasteiger partial charge in [-0.25, -0.2) is 17.9 Å². The number of ether oxygens (including phenoxy) is 3. The molecule has 1 saturated carbocycles. The number of carbonyl (C=O) groups is 2. The lowest BCUT2D eigenvalue weighted by Gasteiger charge is -2.29. The summed E-state index contributed by atoms with van der Waals surface area (Å²) < 4.78 is 46.3. The van der Waals surface area contributed by atoms with Crippen molar-refractivity contribution in [2.45, 2.75) is 129 Å². The molecular formula is C32H49N3O7S. The predicted octanol–water partition coefficient (Wildman–Crippen LogP) is 6.14. The zero-order valence-corrected chi connectivity index (χ0v) is 27.7. The van der Waals surface area contributed by atoms with Crippen LogP contribution in [-0.2, 0) is 24.3 Å². The summed E-state index contributed by atoms with van der Waals surface area (Å²) in [7, 11) is -3.89. The molecule has 240 valence electrons. The number of alkyl carbamates (subject to hydrolysis) is 1. The van der Waals surface area contributed by atoms with Crippen molar-refractivity contribution in [1.82, 2.24) is 10.0 Å². The first kappa shape index (κ1) is 34.6. The molecular weight excluding hydrogens is 570 g/mol. The smallest absolute Gasteiger partial charge is 0.407 e. The summed E-state index contributed by atoms with van der Waals surface area (Å²) >= 11 is 0. The van der Waals surface area contributed by atoms with Crippen LogP contribution in [0.1, 0.15) is 106 Å². The molecule has 0 aromatic heterocycles. The number of sulfonamides is 1. The fourth-order valence-electron chi connectivity index (χ4n) is 5.18. The van der Waals surface area contributed by atoms with Crippen LogP contribution in [-0.4, -0.2) is 56.1 Å². The van der Waals surface area contributed by atoms with Crippen LogP contribution >= 0.6 is 0 Å². The average Bonchev–Trinajstić information content (AvgIpc) is 3.34. The van der Waals surface area contributed by atoms with Gasteiger partial charge in [0.05, 0.1) is 17.6 Å². The highest BCUT2D eigenvalue weighted by molar-refractivity contribution is 7.89. The van der Waals surface area contributed by atoms with Gasteiger partial charge in [0.25, 0.3) is 0 Å². The zero-order valence-electron chi connectivity index (χ0n) is 26.9. The van der Waals surface area contributed by atoms with Crippen molar-refractivity contribution in [2.24, 2.45) is 10.9 Å². The maximum absolute atomic E-state index is 13.6. The van der Waals surface area contributed by atoms with Gasteiger partial charge in [-0.2, -0.15) is 0 Å². The van der Waals surface area contributed by atoms with Gasteiger partial charge in [-0.1, -0.05) is 0 Å². The quantitative estimate of drug-likeness (QED) is 0.224. The maximum Gasteiger partial charge on any atom is 0.407 e. The molecule has 1 aliphatic carbocycles. The number of nitrogens with zero attached hydrogens (tertiary/aromatic N) is 1. The molecule has 1 aromatic carbocycles. The second kappa shape index (κ2) is 14.2. The molecule has 0 spiro atoms. The van der Waals surface area contributed by atoms with Crippen molar-refractivity contribution in [3.05, 3.63) is 30.0 Å². The fraction of sp³-hybridized carbons (Fsp3) is 0.656. The van der Waals surface area contributed by atoms with E-state index >= 15 is 0 Å². The van der Waals surface area contributed by atoms with E-state index in [1.54, 1.807) is 45.2 Å². The summed E-state index contributed by atoms with van der Waals surface area (Å²) in [4.78, 5) is 28.8. The molecule has 43 heavy (non-hydrogen) atoms. The highest BCUT2D eigenvalue weighted by Crippen LogP contribution is 2.36. The van der Waals surface area contributed by atoms with E-state index in [4.69, 9.17) is 19.2 Å². The van der Waals surface area contributed by atoms with Crippen molar-refractivity contribution < 1.29 is 32.2 Å². The lowest BCUT2D eigenvalue weighted by Crippen LogP contribution is -2.40. The number of benzene rings is 1. The third-order valence-electron chi connectivity index (χ3n) is 6.86. The first-order chi connectivity index (χ1) is 19.9. The zero-order chi connectivity index (χ0) is 32.0. The molecule has 2 N–H and O–H groups in total. The summed E-state index contributed by atoms with van der Waals surface area (Å²) in [5, 5.41) is 2.95. The number of aliphatic imine (C=N–C) groups is 1. The van der Waals surface area contributed by atoms with Gasteiger partial charge in [-0.3, -0.25) is 9.79 Å². The van der Waals surface area contributed by atoms with Crippen molar-refractivity contribution in [3.8, 4) is 5.75 Å². The number of rotatable bonds is 11. The van der Waals surface area contributed by atoms with Crippen LogP contribution in [0.15, 0.2) is 34.3 Å². The molecule has 1 aliphatic heterocycles. The molecule has 0 atom stereocenters. The number of allylic oxidation sites excluding steroid dienone is 1. The molecule has 0 saturated heterocycles. The van der Waals surface area contributed by atoms with Crippen LogP contribution in [0.3, 0.4) is 0 Å². The maximum atomic E-state index is 13.6. The van der Waals surface area contributed by atoms with Gasteiger partial charge in [0.2, 0.25) is 10.0 Å². The highest BCUT2D eigenvalue weighted by atomic mass is 32.2. The molecule has 1 fully saturated rings. The number of nitrogens with one attached hydrogen (secondary N) is 2. The summed E-state index contributed by atoms with van der Waals surface area (Å²) in [6.07, 6.45) is 5.89. The lowest BCUT2D eigenvalue weighted by atomic mass is 9.81. The van der Waals surface area contributed by atoms with Crippen molar-refractivity contribution in [1.29, 1.82) is 0 Å². The first-order valence-corrected chi connectivity index (χ1v) is 16.7. The Bertz CT molecular complexity index is 1310. The minimum atomic E-state index is -3.89. The normalized spacial score (nSPS) is 19.5. The number of hydrogen-bond donors (Lipinski definition) is 2. The van der Waals surface area contributed by atoms with Crippen LogP contribution in [0.4, 0.5) is 4.79 Å². The predicted molar refractivity (Wildman–Crippen MR) is 168 cm³/mol. The largest absolute Gasteiger partial charge is 0.494 e. The van der Waals surface area contributed by atoms with E-state index in [0.717, 1.165) is 37.0 Å². The summed E-state index contributed by atoms with van der Waals surface area (Å²) in [6.45, 7) is 14.7. The molecule has 3 rings (SSSR count). The summed E-state index contributed by atoms with van der Waals surface area (Å²) in [5.41, 5.74) is 1.23. The van der Waals surface area contributed by atoms with Crippen LogP contribution < -0.4 is 14.8 Å². The second-order valence-electron chi connectivity index (χ2n) is 13.7. The number of amides is 1. The molecule has 2 aliphatic rings. The van der Waals surface area contributed by atoms with Crippen LogP contribution in [0.5, 0.6) is 5.75 Å². The Labute approximate surface area is 257 Å². The van der Waals surface area contributed by atoms with E-state index in [-0.39, 0.29) is 48.0 Å². The number of hydrogen-bond acceptors (Lipinski definition) is 8. The SMILES string of the molecule is CC(C)OC(=O)NC1CCC(C2=NC=C(c3ccc(OCCCC(=O)OC(C)(C)C)cc3S(=O)(=O)NC(C)(C)C)C2)CC1. The van der Waals surface area contributed by atoms with E-state index in [1.807, 2.05) is 34.6 Å². The van der Waals surface area contributed by atoms with Gasteiger partial charge >= 0.3 is 12.1 Å². The topological polar surface area (TPSA) is 132 Å². The molecule has 1 heterocycles. The first-order valence-electron chi connectivity index (χ1n) is 15.2. The molecule has 1 amide bonds. The molecule has 0 unspecified atom stereocenters. The monoisotopic (exact) mass is 619 g/mol. The molecule has 1 aromatic rings. The Hall–Kier alpha value is -2.92. The third-order valence-corrected chi connectivity index (χ3v) is 8.66. The van der Waals surface area contributed by atoms with Gasteiger partial charge in [-0.05, 0) is 117 Å². The Morgan fingerprint density at radius 2 is 1.72 bits per heavy atom. The molecule has 0 bridgehead atoms. The summed E-state index contributed by atoms with van der Waals surface area (Å²) in [5.74, 6) is 0.378. The van der Waals surface area contributed by atoms with Gasteiger partial charge in [0.1, 0.15) is 11.4 Å². The van der Waals surface area contributed by atoms with Gasteiger partial charge in [-0.15, -0.1) is 0 Å². The van der Waals surface area contributed by atoms with Gasteiger partial charge in [0, 0.05) is 42.4 Å². The Morgan fingerprint density at radius 3 is 2.33 bits per heavy atom. The summed E-state index contributed by atoms with van der Waals surface area (Å²) in [6, 6.07) is 5.15. The van der Waals surface area contributed by atoms with E-state index in [9.17, 15) is 18.0 Å². The van der Waals surface area contributed by atoms with E-state index in [0.29, 0.717) is 24.2 Å².